The highest BCUT2D eigenvalue weighted by atomic mass is 32.2. The average molecular weight is 455 g/mol. The summed E-state index contributed by atoms with van der Waals surface area (Å²) in [6, 6.07) is 11.4. The summed E-state index contributed by atoms with van der Waals surface area (Å²) in [5.74, 6) is 0.434. The van der Waals surface area contributed by atoms with Gasteiger partial charge in [-0.25, -0.2) is 13.1 Å². The van der Waals surface area contributed by atoms with E-state index in [9.17, 15) is 13.2 Å². The summed E-state index contributed by atoms with van der Waals surface area (Å²) in [4.78, 5) is 15.0. The Morgan fingerprint density at radius 3 is 2.28 bits per heavy atom. The van der Waals surface area contributed by atoms with Gasteiger partial charge in [-0.15, -0.1) is 0 Å². The van der Waals surface area contributed by atoms with Crippen LogP contribution in [-0.4, -0.2) is 38.9 Å². The van der Waals surface area contributed by atoms with Gasteiger partial charge in [0.15, 0.2) is 5.76 Å². The van der Waals surface area contributed by atoms with Crippen molar-refractivity contribution in [2.24, 2.45) is 5.92 Å². The molecular weight excluding hydrogens is 424 g/mol. The lowest BCUT2D eigenvalue weighted by molar-refractivity contribution is 0.0662. The number of aryl methyl sites for hydroxylation is 2. The van der Waals surface area contributed by atoms with Gasteiger partial charge in [-0.2, -0.15) is 0 Å². The molecule has 0 unspecified atom stereocenters. The van der Waals surface area contributed by atoms with Crippen LogP contribution in [0.3, 0.4) is 0 Å². The molecule has 2 aromatic carbocycles. The predicted octanol–water partition coefficient (Wildman–Crippen LogP) is 4.50. The minimum absolute atomic E-state index is 0.110. The van der Waals surface area contributed by atoms with E-state index in [1.165, 1.54) is 0 Å². The fourth-order valence-electron chi connectivity index (χ4n) is 4.47. The highest BCUT2D eigenvalue weighted by Gasteiger charge is 2.28. The smallest absolute Gasteiger partial charge is 0.289 e. The van der Waals surface area contributed by atoms with Gasteiger partial charge in [-0.3, -0.25) is 4.79 Å². The maximum absolute atomic E-state index is 13.1. The molecule has 0 bridgehead atoms. The number of furan rings is 1. The fourth-order valence-corrected chi connectivity index (χ4v) is 6.19. The molecule has 0 aliphatic carbocycles. The number of rotatable bonds is 5. The minimum atomic E-state index is -3.60. The Morgan fingerprint density at radius 1 is 1.03 bits per heavy atom. The monoisotopic (exact) mass is 454 g/mol. The predicted molar refractivity (Wildman–Crippen MR) is 125 cm³/mol. The van der Waals surface area contributed by atoms with Crippen LogP contribution in [0, 0.1) is 33.6 Å². The number of piperidine rings is 1. The highest BCUT2D eigenvalue weighted by molar-refractivity contribution is 7.89. The third-order valence-electron chi connectivity index (χ3n) is 6.67. The van der Waals surface area contributed by atoms with Gasteiger partial charge >= 0.3 is 0 Å². The number of fused-ring (bicyclic) bond motifs is 1. The molecule has 3 aromatic rings. The number of benzene rings is 2. The number of hydrogen-bond acceptors (Lipinski definition) is 4. The molecule has 1 fully saturated rings. The molecule has 1 aromatic heterocycles. The molecule has 1 aliphatic heterocycles. The molecule has 0 radical (unpaired) electrons. The van der Waals surface area contributed by atoms with E-state index in [2.05, 4.69) is 4.72 Å². The zero-order valence-electron chi connectivity index (χ0n) is 19.1. The van der Waals surface area contributed by atoms with E-state index in [-0.39, 0.29) is 11.8 Å². The molecule has 0 atom stereocenters. The van der Waals surface area contributed by atoms with Gasteiger partial charge in [-0.05, 0) is 80.8 Å². The van der Waals surface area contributed by atoms with Crippen LogP contribution in [-0.2, 0) is 10.0 Å². The second kappa shape index (κ2) is 8.71. The van der Waals surface area contributed by atoms with Crippen molar-refractivity contribution >= 4 is 26.9 Å². The topological polar surface area (TPSA) is 79.6 Å². The summed E-state index contributed by atoms with van der Waals surface area (Å²) in [6.45, 7) is 9.15. The summed E-state index contributed by atoms with van der Waals surface area (Å²) < 4.78 is 34.7. The van der Waals surface area contributed by atoms with E-state index in [4.69, 9.17) is 4.42 Å². The van der Waals surface area contributed by atoms with Crippen LogP contribution in [0.25, 0.3) is 11.0 Å². The maximum Gasteiger partial charge on any atom is 0.289 e. The van der Waals surface area contributed by atoms with Gasteiger partial charge in [0.2, 0.25) is 10.0 Å². The number of nitrogens with zero attached hydrogens (tertiary/aromatic N) is 1. The lowest BCUT2D eigenvalue weighted by atomic mass is 9.97. The lowest BCUT2D eigenvalue weighted by Gasteiger charge is -2.31. The molecule has 170 valence electrons. The van der Waals surface area contributed by atoms with Gasteiger partial charge in [-0.1, -0.05) is 24.3 Å². The van der Waals surface area contributed by atoms with Crippen molar-refractivity contribution in [1.82, 2.24) is 9.62 Å². The van der Waals surface area contributed by atoms with Crippen LogP contribution in [0.1, 0.15) is 45.7 Å². The Balaban J connectivity index is 1.38. The molecule has 32 heavy (non-hydrogen) atoms. The first kappa shape index (κ1) is 22.6. The first-order chi connectivity index (χ1) is 15.2. The second-order valence-corrected chi connectivity index (χ2v) is 10.5. The van der Waals surface area contributed by atoms with Crippen molar-refractivity contribution in [1.29, 1.82) is 0 Å². The van der Waals surface area contributed by atoms with Crippen LogP contribution in [0.15, 0.2) is 45.7 Å². The summed E-state index contributed by atoms with van der Waals surface area (Å²) in [7, 11) is -3.60. The third-order valence-corrected chi connectivity index (χ3v) is 8.36. The van der Waals surface area contributed by atoms with E-state index >= 15 is 0 Å². The Hall–Kier alpha value is -2.64. The summed E-state index contributed by atoms with van der Waals surface area (Å²) >= 11 is 0. The molecule has 7 heteroatoms. The van der Waals surface area contributed by atoms with Gasteiger partial charge in [0.05, 0.1) is 4.90 Å². The number of sulfonamides is 1. The number of nitrogens with one attached hydrogen (secondary N) is 1. The molecule has 4 rings (SSSR count). The molecule has 6 nitrogen and oxygen atoms in total. The number of likely N-dealkylation sites (tertiary alicyclic amines) is 1. The molecule has 2 heterocycles. The van der Waals surface area contributed by atoms with Crippen LogP contribution in [0.5, 0.6) is 0 Å². The molecule has 1 saturated heterocycles. The average Bonchev–Trinajstić information content (AvgIpc) is 3.21. The number of amides is 1. The summed E-state index contributed by atoms with van der Waals surface area (Å²) in [6.07, 6.45) is 1.50. The molecule has 0 saturated carbocycles. The van der Waals surface area contributed by atoms with Crippen molar-refractivity contribution in [2.45, 2.75) is 45.4 Å². The number of hydrogen-bond donors (Lipinski definition) is 1. The molecule has 1 aliphatic rings. The van der Waals surface area contributed by atoms with Crippen molar-refractivity contribution in [2.75, 3.05) is 19.6 Å². The van der Waals surface area contributed by atoms with Crippen LogP contribution >= 0.6 is 0 Å². The zero-order chi connectivity index (χ0) is 23.0. The third kappa shape index (κ3) is 4.32. The standard InChI is InChI=1S/C25H30N2O4S/c1-16-13-17(2)19(4)24(18(16)3)32(29,30)26-15-20-9-11-27(12-10-20)25(28)23-14-21-7-5-6-8-22(21)31-23/h5-8,13-14,20,26H,9-12,15H2,1-4H3. The first-order valence-electron chi connectivity index (χ1n) is 11.0. The van der Waals surface area contributed by atoms with Crippen molar-refractivity contribution in [3.05, 3.63) is 64.4 Å². The van der Waals surface area contributed by atoms with E-state index < -0.39 is 10.0 Å². The SMILES string of the molecule is Cc1cc(C)c(C)c(S(=O)(=O)NCC2CCN(C(=O)c3cc4ccccc4o3)CC2)c1C. The summed E-state index contributed by atoms with van der Waals surface area (Å²) in [5.41, 5.74) is 4.26. The number of carbonyl (C=O) groups excluding carboxylic acids is 1. The van der Waals surface area contributed by atoms with Crippen molar-refractivity contribution in [3.63, 3.8) is 0 Å². The van der Waals surface area contributed by atoms with Crippen LogP contribution in [0.2, 0.25) is 0 Å². The Labute approximate surface area is 189 Å². The Bertz CT molecular complexity index is 1210. The van der Waals surface area contributed by atoms with Crippen molar-refractivity contribution < 1.29 is 17.6 Å². The van der Waals surface area contributed by atoms with E-state index in [0.717, 1.165) is 40.5 Å². The van der Waals surface area contributed by atoms with E-state index in [1.54, 1.807) is 11.0 Å². The van der Waals surface area contributed by atoms with Crippen LogP contribution < -0.4 is 4.72 Å². The highest BCUT2D eigenvalue weighted by Crippen LogP contribution is 2.27. The lowest BCUT2D eigenvalue weighted by Crippen LogP contribution is -2.41. The zero-order valence-corrected chi connectivity index (χ0v) is 19.9. The molecule has 1 N–H and O–H groups in total. The quantitative estimate of drug-likeness (QED) is 0.616. The van der Waals surface area contributed by atoms with Crippen molar-refractivity contribution in [3.8, 4) is 0 Å². The number of para-hydroxylation sites is 1. The molecule has 0 spiro atoms. The maximum atomic E-state index is 13.1. The fraction of sp³-hybridized carbons (Fsp3) is 0.400. The van der Waals surface area contributed by atoms with Gasteiger partial charge in [0, 0.05) is 25.0 Å². The van der Waals surface area contributed by atoms with Crippen LogP contribution in [0.4, 0.5) is 0 Å². The Morgan fingerprint density at radius 2 is 1.66 bits per heavy atom. The van der Waals surface area contributed by atoms with Gasteiger partial charge < -0.3 is 9.32 Å². The normalized spacial score (nSPS) is 15.4. The molecular formula is C25H30N2O4S. The van der Waals surface area contributed by atoms with E-state index in [1.807, 2.05) is 58.0 Å². The first-order valence-corrected chi connectivity index (χ1v) is 12.5. The largest absolute Gasteiger partial charge is 0.451 e. The second-order valence-electron chi connectivity index (χ2n) is 8.83. The molecule has 1 amide bonds. The Kier molecular flexibility index (Phi) is 6.14. The summed E-state index contributed by atoms with van der Waals surface area (Å²) in [5, 5.41) is 0.914. The number of carbonyl (C=O) groups is 1. The minimum Gasteiger partial charge on any atom is -0.451 e. The van der Waals surface area contributed by atoms with E-state index in [0.29, 0.717) is 35.9 Å². The van der Waals surface area contributed by atoms with Gasteiger partial charge in [0.1, 0.15) is 5.58 Å². The van der Waals surface area contributed by atoms with Gasteiger partial charge in [0.25, 0.3) is 5.91 Å².